The molecule has 36 heavy (non-hydrogen) atoms. The number of aromatic amines is 1. The van der Waals surface area contributed by atoms with E-state index in [4.69, 9.17) is 11.6 Å². The maximum atomic E-state index is 13.4. The number of nitrogens with zero attached hydrogens (tertiary/aromatic N) is 2. The number of fused-ring (bicyclic) bond motifs is 1. The number of amides is 2. The van der Waals surface area contributed by atoms with Crippen molar-refractivity contribution in [3.05, 3.63) is 98.4 Å². The maximum Gasteiger partial charge on any atom is 0.253 e. The molecule has 1 atom stereocenters. The molecule has 0 unspecified atom stereocenters. The fourth-order valence-corrected chi connectivity index (χ4v) is 5.50. The average molecular weight is 505 g/mol. The van der Waals surface area contributed by atoms with Gasteiger partial charge in [0.05, 0.1) is 16.6 Å². The van der Waals surface area contributed by atoms with Gasteiger partial charge < -0.3 is 20.1 Å². The summed E-state index contributed by atoms with van der Waals surface area (Å²) in [6, 6.07) is 16.3. The van der Waals surface area contributed by atoms with Gasteiger partial charge in [0.2, 0.25) is 5.56 Å². The van der Waals surface area contributed by atoms with E-state index in [-0.39, 0.29) is 29.5 Å². The number of carbonyl (C=O) groups is 2. The number of carbonyl (C=O) groups excluding carboxylic acids is 2. The molecule has 2 aliphatic rings. The highest BCUT2D eigenvalue weighted by Crippen LogP contribution is 2.33. The van der Waals surface area contributed by atoms with Crippen LogP contribution in [-0.4, -0.2) is 47.9 Å². The van der Waals surface area contributed by atoms with E-state index in [2.05, 4.69) is 15.2 Å². The van der Waals surface area contributed by atoms with Gasteiger partial charge in [-0.05, 0) is 67.1 Å². The van der Waals surface area contributed by atoms with Crippen LogP contribution in [0.3, 0.4) is 0 Å². The third kappa shape index (κ3) is 4.88. The van der Waals surface area contributed by atoms with Crippen LogP contribution in [-0.2, 0) is 6.42 Å². The van der Waals surface area contributed by atoms with Crippen LogP contribution in [0.1, 0.15) is 57.1 Å². The van der Waals surface area contributed by atoms with E-state index in [0.29, 0.717) is 16.1 Å². The number of piperidine rings is 1. The standard InChI is InChI=1S/C28H29ClN4O3/c1-32(20-11-14-33(15-12-20)21-10-13-30-26(34)17-21)28(36)19-7-6-18-8-9-25(23(18)16-19)31-27(35)22-4-2-3-5-24(22)29/h2-7,10,13,16-17,20,25H,8-9,11-12,14-15H2,1H3,(H,30,34)(H,31,35)/t25-/m1/s1. The van der Waals surface area contributed by atoms with Crippen molar-refractivity contribution in [2.75, 3.05) is 25.0 Å². The molecule has 2 aromatic carbocycles. The molecule has 0 bridgehead atoms. The van der Waals surface area contributed by atoms with Crippen molar-refractivity contribution in [2.24, 2.45) is 0 Å². The lowest BCUT2D eigenvalue weighted by Gasteiger charge is -2.37. The molecule has 0 spiro atoms. The van der Waals surface area contributed by atoms with Crippen molar-refractivity contribution >= 4 is 29.1 Å². The molecule has 5 rings (SSSR count). The van der Waals surface area contributed by atoms with Crippen LogP contribution >= 0.6 is 11.6 Å². The molecule has 2 N–H and O–H groups in total. The van der Waals surface area contributed by atoms with Crippen molar-refractivity contribution in [2.45, 2.75) is 37.8 Å². The zero-order chi connectivity index (χ0) is 25.2. The Balaban J connectivity index is 1.25. The summed E-state index contributed by atoms with van der Waals surface area (Å²) >= 11 is 6.20. The lowest BCUT2D eigenvalue weighted by Crippen LogP contribution is -2.45. The Kier molecular flexibility index (Phi) is 6.83. The van der Waals surface area contributed by atoms with Gasteiger partial charge in [0.1, 0.15) is 0 Å². The number of H-pyrrole nitrogens is 1. The highest BCUT2D eigenvalue weighted by atomic mass is 35.5. The lowest BCUT2D eigenvalue weighted by atomic mass is 10.00. The number of hydrogen-bond donors (Lipinski definition) is 2. The molecule has 1 aromatic heterocycles. The monoisotopic (exact) mass is 504 g/mol. The predicted octanol–water partition coefficient (Wildman–Crippen LogP) is 4.19. The Hall–Kier alpha value is -3.58. The molecule has 3 aromatic rings. The molecule has 1 aliphatic carbocycles. The molecule has 2 heterocycles. The van der Waals surface area contributed by atoms with E-state index in [0.717, 1.165) is 55.6 Å². The van der Waals surface area contributed by atoms with Gasteiger partial charge in [-0.2, -0.15) is 0 Å². The SMILES string of the molecule is CN(C(=O)c1ccc2c(c1)[C@H](NC(=O)c1ccccc1Cl)CC2)C1CCN(c2cc[nH]c(=O)c2)CC1. The summed E-state index contributed by atoms with van der Waals surface area (Å²) in [5.41, 5.74) is 4.04. The number of nitrogens with one attached hydrogen (secondary N) is 2. The first-order valence-corrected chi connectivity index (χ1v) is 12.7. The molecule has 1 saturated heterocycles. The molecule has 1 aliphatic heterocycles. The summed E-state index contributed by atoms with van der Waals surface area (Å²) in [5.74, 6) is -0.227. The van der Waals surface area contributed by atoms with Crippen molar-refractivity contribution in [1.82, 2.24) is 15.2 Å². The number of anilines is 1. The summed E-state index contributed by atoms with van der Waals surface area (Å²) in [5, 5.41) is 3.52. The van der Waals surface area contributed by atoms with Gasteiger partial charge in [-0.15, -0.1) is 0 Å². The average Bonchev–Trinajstić information content (AvgIpc) is 3.30. The third-order valence-corrected chi connectivity index (χ3v) is 7.68. The minimum atomic E-state index is -0.209. The highest BCUT2D eigenvalue weighted by Gasteiger charge is 2.29. The molecule has 1 fully saturated rings. The quantitative estimate of drug-likeness (QED) is 0.545. The van der Waals surface area contributed by atoms with Gasteiger partial charge in [-0.3, -0.25) is 14.4 Å². The van der Waals surface area contributed by atoms with Crippen molar-refractivity contribution in [1.29, 1.82) is 0 Å². The van der Waals surface area contributed by atoms with Crippen LogP contribution in [0.2, 0.25) is 5.02 Å². The predicted molar refractivity (Wildman–Crippen MR) is 141 cm³/mol. The number of rotatable bonds is 5. The van der Waals surface area contributed by atoms with Gasteiger partial charge in [0.25, 0.3) is 11.8 Å². The summed E-state index contributed by atoms with van der Waals surface area (Å²) < 4.78 is 0. The number of halogens is 1. The largest absolute Gasteiger partial charge is 0.371 e. The van der Waals surface area contributed by atoms with Crippen molar-refractivity contribution < 1.29 is 9.59 Å². The number of hydrogen-bond acceptors (Lipinski definition) is 4. The molecule has 7 nitrogen and oxygen atoms in total. The van der Waals surface area contributed by atoms with Crippen LogP contribution in [0.5, 0.6) is 0 Å². The summed E-state index contributed by atoms with van der Waals surface area (Å²) in [6.07, 6.45) is 4.97. The molecular formula is C28H29ClN4O3. The first-order valence-electron chi connectivity index (χ1n) is 12.3. The molecule has 186 valence electrons. The highest BCUT2D eigenvalue weighted by molar-refractivity contribution is 6.33. The number of aryl methyl sites for hydroxylation is 1. The fourth-order valence-electron chi connectivity index (χ4n) is 5.28. The topological polar surface area (TPSA) is 85.5 Å². The van der Waals surface area contributed by atoms with Gasteiger partial charge in [0.15, 0.2) is 0 Å². The van der Waals surface area contributed by atoms with E-state index < -0.39 is 0 Å². The number of aromatic nitrogens is 1. The van der Waals surface area contributed by atoms with Crippen molar-refractivity contribution in [3.63, 3.8) is 0 Å². The van der Waals surface area contributed by atoms with E-state index in [1.165, 1.54) is 0 Å². The Morgan fingerprint density at radius 1 is 1.06 bits per heavy atom. The van der Waals surface area contributed by atoms with Gasteiger partial charge in [-0.1, -0.05) is 29.8 Å². The molecular weight excluding hydrogens is 476 g/mol. The maximum absolute atomic E-state index is 13.4. The second-order valence-corrected chi connectivity index (χ2v) is 9.91. The Morgan fingerprint density at radius 3 is 2.58 bits per heavy atom. The summed E-state index contributed by atoms with van der Waals surface area (Å²) in [6.45, 7) is 1.57. The van der Waals surface area contributed by atoms with Crippen LogP contribution in [0.4, 0.5) is 5.69 Å². The van der Waals surface area contributed by atoms with Crippen LogP contribution < -0.4 is 15.8 Å². The van der Waals surface area contributed by atoms with Crippen LogP contribution in [0, 0.1) is 0 Å². The third-order valence-electron chi connectivity index (χ3n) is 7.35. The Morgan fingerprint density at radius 2 is 1.83 bits per heavy atom. The van der Waals surface area contributed by atoms with Crippen molar-refractivity contribution in [3.8, 4) is 0 Å². The Labute approximate surface area is 215 Å². The minimum Gasteiger partial charge on any atom is -0.371 e. The first-order chi connectivity index (χ1) is 17.4. The smallest absolute Gasteiger partial charge is 0.253 e. The van der Waals surface area contributed by atoms with Crippen LogP contribution in [0.15, 0.2) is 65.6 Å². The fraction of sp³-hybridized carbons (Fsp3) is 0.321. The van der Waals surface area contributed by atoms with E-state index in [9.17, 15) is 14.4 Å². The second kappa shape index (κ2) is 10.2. The first kappa shape index (κ1) is 24.1. The van der Waals surface area contributed by atoms with Gasteiger partial charge >= 0.3 is 0 Å². The Bertz CT molecular complexity index is 1350. The number of benzene rings is 2. The van der Waals surface area contributed by atoms with Gasteiger partial charge in [0, 0.05) is 49.7 Å². The minimum absolute atomic E-state index is 0.0181. The van der Waals surface area contributed by atoms with Gasteiger partial charge in [-0.25, -0.2) is 0 Å². The summed E-state index contributed by atoms with van der Waals surface area (Å²) in [7, 11) is 1.86. The summed E-state index contributed by atoms with van der Waals surface area (Å²) in [4.78, 5) is 44.5. The van der Waals surface area contributed by atoms with E-state index >= 15 is 0 Å². The number of pyridine rings is 1. The zero-order valence-electron chi connectivity index (χ0n) is 20.2. The van der Waals surface area contributed by atoms with E-state index in [1.54, 1.807) is 36.5 Å². The lowest BCUT2D eigenvalue weighted by molar-refractivity contribution is 0.0709. The normalized spacial score (nSPS) is 17.5. The van der Waals surface area contributed by atoms with Crippen LogP contribution in [0.25, 0.3) is 0 Å². The molecule has 2 amide bonds. The second-order valence-electron chi connectivity index (χ2n) is 9.50. The van der Waals surface area contributed by atoms with E-state index in [1.807, 2.05) is 36.2 Å². The zero-order valence-corrected chi connectivity index (χ0v) is 20.9. The molecule has 0 saturated carbocycles. The molecule has 8 heteroatoms. The molecule has 0 radical (unpaired) electrons.